The van der Waals surface area contributed by atoms with Crippen LogP contribution in [0.5, 0.6) is 0 Å². The summed E-state index contributed by atoms with van der Waals surface area (Å²) in [4.78, 5) is 3.71. The molecule has 0 saturated heterocycles. The average molecular weight is 216 g/mol. The van der Waals surface area contributed by atoms with Gasteiger partial charge in [0.1, 0.15) is 11.6 Å². The highest BCUT2D eigenvalue weighted by molar-refractivity contribution is 8.13. The van der Waals surface area contributed by atoms with Crippen molar-refractivity contribution in [1.29, 1.82) is 0 Å². The normalized spacial score (nSPS) is 11.8. The van der Waals surface area contributed by atoms with Crippen LogP contribution in [0.2, 0.25) is 0 Å². The third kappa shape index (κ3) is 2.99. The molecular formula is C9H10F2N2S. The van der Waals surface area contributed by atoms with E-state index in [0.717, 1.165) is 6.07 Å². The molecule has 0 radical (unpaired) electrons. The largest absolute Gasteiger partial charge is 0.379 e. The molecule has 0 amide bonds. The number of halogens is 2. The second kappa shape index (κ2) is 4.95. The zero-order chi connectivity index (χ0) is 10.6. The quantitative estimate of drug-likeness (QED) is 0.607. The second-order valence-electron chi connectivity index (χ2n) is 2.59. The molecule has 0 unspecified atom stereocenters. The van der Waals surface area contributed by atoms with Crippen LogP contribution < -0.4 is 5.73 Å². The van der Waals surface area contributed by atoms with Gasteiger partial charge in [-0.3, -0.25) is 4.99 Å². The van der Waals surface area contributed by atoms with Crippen LogP contribution in [0, 0.1) is 11.6 Å². The average Bonchev–Trinajstić information content (AvgIpc) is 2.16. The Morgan fingerprint density at radius 2 is 2.21 bits per heavy atom. The van der Waals surface area contributed by atoms with Crippen LogP contribution in [0.1, 0.15) is 5.56 Å². The van der Waals surface area contributed by atoms with Gasteiger partial charge >= 0.3 is 0 Å². The molecule has 76 valence electrons. The molecule has 0 atom stereocenters. The summed E-state index contributed by atoms with van der Waals surface area (Å²) >= 11 is 1.21. The fraction of sp³-hybridized carbons (Fsp3) is 0.222. The molecular weight excluding hydrogens is 206 g/mol. The lowest BCUT2D eigenvalue weighted by atomic mass is 10.2. The van der Waals surface area contributed by atoms with Crippen molar-refractivity contribution in [2.75, 3.05) is 7.05 Å². The lowest BCUT2D eigenvalue weighted by Gasteiger charge is -2.02. The minimum atomic E-state index is -0.576. The Morgan fingerprint density at radius 1 is 1.50 bits per heavy atom. The first-order chi connectivity index (χ1) is 6.63. The molecule has 0 aromatic heterocycles. The van der Waals surface area contributed by atoms with E-state index in [4.69, 9.17) is 5.73 Å². The van der Waals surface area contributed by atoms with Crippen LogP contribution in [0.15, 0.2) is 23.2 Å². The molecule has 2 nitrogen and oxygen atoms in total. The maximum Gasteiger partial charge on any atom is 0.153 e. The molecule has 14 heavy (non-hydrogen) atoms. The number of thioether (sulfide) groups is 1. The summed E-state index contributed by atoms with van der Waals surface area (Å²) < 4.78 is 25.6. The molecule has 2 N–H and O–H groups in total. The van der Waals surface area contributed by atoms with Crippen molar-refractivity contribution >= 4 is 16.9 Å². The molecule has 0 aliphatic carbocycles. The fourth-order valence-corrected chi connectivity index (χ4v) is 1.52. The van der Waals surface area contributed by atoms with Gasteiger partial charge in [-0.2, -0.15) is 0 Å². The number of amidine groups is 1. The van der Waals surface area contributed by atoms with Crippen LogP contribution in [-0.2, 0) is 5.75 Å². The van der Waals surface area contributed by atoms with Crippen LogP contribution in [-0.4, -0.2) is 12.2 Å². The summed E-state index contributed by atoms with van der Waals surface area (Å²) in [6, 6.07) is 3.48. The summed E-state index contributed by atoms with van der Waals surface area (Å²) in [6.45, 7) is 0. The van der Waals surface area contributed by atoms with Crippen LogP contribution >= 0.6 is 11.8 Å². The number of hydrogen-bond donors (Lipinski definition) is 1. The zero-order valence-corrected chi connectivity index (χ0v) is 8.44. The van der Waals surface area contributed by atoms with Crippen molar-refractivity contribution < 1.29 is 8.78 Å². The van der Waals surface area contributed by atoms with Gasteiger partial charge in [-0.15, -0.1) is 0 Å². The number of rotatable bonds is 2. The van der Waals surface area contributed by atoms with Crippen molar-refractivity contribution in [2.24, 2.45) is 10.7 Å². The van der Waals surface area contributed by atoms with Gasteiger partial charge in [0.2, 0.25) is 0 Å². The Bertz CT molecular complexity index is 353. The maximum absolute atomic E-state index is 13.1. The summed E-state index contributed by atoms with van der Waals surface area (Å²) in [5, 5.41) is 0.383. The minimum absolute atomic E-state index is 0.356. The van der Waals surface area contributed by atoms with Crippen molar-refractivity contribution in [3.8, 4) is 0 Å². The number of hydrogen-bond acceptors (Lipinski definition) is 2. The monoisotopic (exact) mass is 216 g/mol. The van der Waals surface area contributed by atoms with E-state index in [1.807, 2.05) is 0 Å². The van der Waals surface area contributed by atoms with Gasteiger partial charge in [-0.05, 0) is 11.6 Å². The Labute approximate surface area is 85.2 Å². The first-order valence-corrected chi connectivity index (χ1v) is 4.91. The van der Waals surface area contributed by atoms with E-state index in [0.29, 0.717) is 16.5 Å². The second-order valence-corrected chi connectivity index (χ2v) is 3.58. The molecule has 0 spiro atoms. The van der Waals surface area contributed by atoms with Gasteiger partial charge in [0.25, 0.3) is 0 Å². The molecule has 0 bridgehead atoms. The van der Waals surface area contributed by atoms with E-state index >= 15 is 0 Å². The highest BCUT2D eigenvalue weighted by Gasteiger charge is 2.04. The molecule has 1 aromatic carbocycles. The van der Waals surface area contributed by atoms with Crippen molar-refractivity contribution in [3.63, 3.8) is 0 Å². The molecule has 0 fully saturated rings. The van der Waals surface area contributed by atoms with Crippen molar-refractivity contribution in [3.05, 3.63) is 35.4 Å². The lowest BCUT2D eigenvalue weighted by Crippen LogP contribution is -2.06. The third-order valence-electron chi connectivity index (χ3n) is 1.61. The topological polar surface area (TPSA) is 38.4 Å². The predicted molar refractivity (Wildman–Crippen MR) is 55.2 cm³/mol. The van der Waals surface area contributed by atoms with E-state index in [1.165, 1.54) is 23.9 Å². The smallest absolute Gasteiger partial charge is 0.153 e. The SMILES string of the molecule is CN=C(N)SCc1ccc(F)cc1F. The van der Waals surface area contributed by atoms with Crippen molar-refractivity contribution in [2.45, 2.75) is 5.75 Å². The Balaban J connectivity index is 2.68. The highest BCUT2D eigenvalue weighted by Crippen LogP contribution is 2.16. The summed E-state index contributed by atoms with van der Waals surface area (Å²) in [5.41, 5.74) is 5.84. The lowest BCUT2D eigenvalue weighted by molar-refractivity contribution is 0.577. The Morgan fingerprint density at radius 3 is 2.79 bits per heavy atom. The van der Waals surface area contributed by atoms with Crippen LogP contribution in [0.25, 0.3) is 0 Å². The van der Waals surface area contributed by atoms with Gasteiger partial charge < -0.3 is 5.73 Å². The number of nitrogens with zero attached hydrogens (tertiary/aromatic N) is 1. The molecule has 0 aliphatic heterocycles. The van der Waals surface area contributed by atoms with Gasteiger partial charge in [0.15, 0.2) is 5.17 Å². The number of nitrogens with two attached hydrogens (primary N) is 1. The standard InChI is InChI=1S/C9H10F2N2S/c1-13-9(12)14-5-6-2-3-7(10)4-8(6)11/h2-4H,5H2,1H3,(H2,12,13). The van der Waals surface area contributed by atoms with E-state index < -0.39 is 11.6 Å². The van der Waals surface area contributed by atoms with Crippen LogP contribution in [0.3, 0.4) is 0 Å². The maximum atomic E-state index is 13.1. The van der Waals surface area contributed by atoms with Crippen molar-refractivity contribution in [1.82, 2.24) is 0 Å². The molecule has 0 saturated carbocycles. The van der Waals surface area contributed by atoms with E-state index in [-0.39, 0.29) is 0 Å². The van der Waals surface area contributed by atoms with Crippen LogP contribution in [0.4, 0.5) is 8.78 Å². The van der Waals surface area contributed by atoms with Gasteiger partial charge in [0, 0.05) is 18.9 Å². The summed E-state index contributed by atoms with van der Waals surface area (Å²) in [6.07, 6.45) is 0. The first kappa shape index (κ1) is 11.0. The fourth-order valence-electron chi connectivity index (χ4n) is 0.855. The molecule has 1 rings (SSSR count). The Hall–Kier alpha value is -1.10. The van der Waals surface area contributed by atoms with Gasteiger partial charge in [-0.1, -0.05) is 17.8 Å². The van der Waals surface area contributed by atoms with E-state index in [2.05, 4.69) is 4.99 Å². The summed E-state index contributed by atoms with van der Waals surface area (Å²) in [5.74, 6) is -0.773. The Kier molecular flexibility index (Phi) is 3.88. The third-order valence-corrected chi connectivity index (χ3v) is 2.54. The van der Waals surface area contributed by atoms with Gasteiger partial charge in [-0.25, -0.2) is 8.78 Å². The zero-order valence-electron chi connectivity index (χ0n) is 7.63. The van der Waals surface area contributed by atoms with E-state index in [1.54, 1.807) is 7.05 Å². The number of benzene rings is 1. The molecule has 5 heteroatoms. The first-order valence-electron chi connectivity index (χ1n) is 3.92. The van der Waals surface area contributed by atoms with E-state index in [9.17, 15) is 8.78 Å². The predicted octanol–water partition coefficient (Wildman–Crippen LogP) is 2.14. The summed E-state index contributed by atoms with van der Waals surface area (Å²) in [7, 11) is 1.56. The minimum Gasteiger partial charge on any atom is -0.379 e. The highest BCUT2D eigenvalue weighted by atomic mass is 32.2. The molecule has 1 aromatic rings. The van der Waals surface area contributed by atoms with Gasteiger partial charge in [0.05, 0.1) is 0 Å². The number of aliphatic imine (C=N–C) groups is 1. The molecule has 0 aliphatic rings. The molecule has 0 heterocycles.